The number of halogens is 2. The third-order valence-electron chi connectivity index (χ3n) is 1.92. The van der Waals surface area contributed by atoms with E-state index in [4.69, 9.17) is 4.74 Å². The summed E-state index contributed by atoms with van der Waals surface area (Å²) < 4.78 is 6.76. The van der Waals surface area contributed by atoms with Crippen LogP contribution in [0.4, 0.5) is 0 Å². The van der Waals surface area contributed by atoms with Gasteiger partial charge in [-0.2, -0.15) is 0 Å². The maximum Gasteiger partial charge on any atom is 0.123 e. The summed E-state index contributed by atoms with van der Waals surface area (Å²) in [5, 5.41) is 0.827. The fourth-order valence-electron chi connectivity index (χ4n) is 1.12. The molecule has 0 radical (unpaired) electrons. The molecule has 0 unspecified atom stereocenters. The van der Waals surface area contributed by atoms with Crippen molar-refractivity contribution in [1.82, 2.24) is 0 Å². The van der Waals surface area contributed by atoms with Crippen molar-refractivity contribution in [2.75, 3.05) is 6.61 Å². The molecule has 0 amide bonds. The Balaban J connectivity index is 2.65. The molecule has 1 aromatic carbocycles. The minimum absolute atomic E-state index is 0.804. The molecule has 0 aromatic heterocycles. The average Bonchev–Trinajstić information content (AvgIpc) is 2.20. The fourth-order valence-corrected chi connectivity index (χ4v) is 1.97. The molecule has 1 aromatic rings. The molecular formula is C11H14Br2O. The fraction of sp³-hybridized carbons (Fsp3) is 0.455. The van der Waals surface area contributed by atoms with Crippen molar-refractivity contribution >= 4 is 31.9 Å². The van der Waals surface area contributed by atoms with E-state index in [1.807, 2.05) is 12.1 Å². The molecule has 0 atom stereocenters. The van der Waals surface area contributed by atoms with Crippen molar-refractivity contribution in [3.05, 3.63) is 28.2 Å². The standard InChI is InChI=1S/C11H14Br2O/c1-2-3-6-14-11-5-4-10(13)7-9(11)8-12/h4-5,7H,2-3,6,8H2,1H3. The monoisotopic (exact) mass is 320 g/mol. The van der Waals surface area contributed by atoms with Gasteiger partial charge in [0.15, 0.2) is 0 Å². The molecule has 0 heterocycles. The lowest BCUT2D eigenvalue weighted by atomic mass is 10.2. The van der Waals surface area contributed by atoms with Crippen LogP contribution in [0.5, 0.6) is 5.75 Å². The van der Waals surface area contributed by atoms with Gasteiger partial charge in [0.2, 0.25) is 0 Å². The van der Waals surface area contributed by atoms with Gasteiger partial charge in [-0.3, -0.25) is 0 Å². The Bertz CT molecular complexity index is 287. The zero-order valence-corrected chi connectivity index (χ0v) is 11.4. The normalized spacial score (nSPS) is 10.2. The number of hydrogen-bond acceptors (Lipinski definition) is 1. The van der Waals surface area contributed by atoms with Crippen LogP contribution in [0.25, 0.3) is 0 Å². The van der Waals surface area contributed by atoms with Gasteiger partial charge in [-0.05, 0) is 24.6 Å². The molecule has 1 nitrogen and oxygen atoms in total. The van der Waals surface area contributed by atoms with Gasteiger partial charge in [-0.25, -0.2) is 0 Å². The highest BCUT2D eigenvalue weighted by atomic mass is 79.9. The van der Waals surface area contributed by atoms with E-state index >= 15 is 0 Å². The highest BCUT2D eigenvalue weighted by molar-refractivity contribution is 9.10. The predicted molar refractivity (Wildman–Crippen MR) is 67.2 cm³/mol. The molecule has 14 heavy (non-hydrogen) atoms. The maximum atomic E-state index is 5.67. The van der Waals surface area contributed by atoms with Crippen LogP contribution in [0.1, 0.15) is 25.3 Å². The quantitative estimate of drug-likeness (QED) is 0.572. The van der Waals surface area contributed by atoms with E-state index in [0.29, 0.717) is 0 Å². The molecule has 78 valence electrons. The number of hydrogen-bond donors (Lipinski definition) is 0. The number of rotatable bonds is 5. The van der Waals surface area contributed by atoms with E-state index < -0.39 is 0 Å². The van der Waals surface area contributed by atoms with Crippen molar-refractivity contribution < 1.29 is 4.74 Å². The Hall–Kier alpha value is -0.0200. The van der Waals surface area contributed by atoms with Gasteiger partial charge in [0.05, 0.1) is 6.61 Å². The topological polar surface area (TPSA) is 9.23 Å². The highest BCUT2D eigenvalue weighted by Gasteiger charge is 2.02. The van der Waals surface area contributed by atoms with E-state index in [9.17, 15) is 0 Å². The van der Waals surface area contributed by atoms with Gasteiger partial charge in [-0.15, -0.1) is 0 Å². The SMILES string of the molecule is CCCCOc1ccc(Br)cc1CBr. The van der Waals surface area contributed by atoms with Crippen LogP contribution in [0.3, 0.4) is 0 Å². The summed E-state index contributed by atoms with van der Waals surface area (Å²) in [4.78, 5) is 0. The first kappa shape index (κ1) is 12.1. The Kier molecular flexibility index (Phi) is 5.56. The number of benzene rings is 1. The number of ether oxygens (including phenoxy) is 1. The Labute approximate surface area is 102 Å². The van der Waals surface area contributed by atoms with Crippen molar-refractivity contribution in [3.63, 3.8) is 0 Å². The second kappa shape index (κ2) is 6.46. The summed E-state index contributed by atoms with van der Waals surface area (Å²) >= 11 is 6.89. The van der Waals surface area contributed by atoms with Crippen LogP contribution in [-0.2, 0) is 5.33 Å². The van der Waals surface area contributed by atoms with Crippen LogP contribution in [0.2, 0.25) is 0 Å². The summed E-state index contributed by atoms with van der Waals surface area (Å²) in [7, 11) is 0. The largest absolute Gasteiger partial charge is 0.493 e. The Morgan fingerprint density at radius 1 is 1.36 bits per heavy atom. The third kappa shape index (κ3) is 3.62. The lowest BCUT2D eigenvalue weighted by Gasteiger charge is -2.09. The second-order valence-electron chi connectivity index (χ2n) is 3.09. The summed E-state index contributed by atoms with van der Waals surface area (Å²) in [6.07, 6.45) is 2.28. The lowest BCUT2D eigenvalue weighted by molar-refractivity contribution is 0.307. The lowest BCUT2D eigenvalue weighted by Crippen LogP contribution is -1.98. The van der Waals surface area contributed by atoms with Crippen LogP contribution >= 0.6 is 31.9 Å². The summed E-state index contributed by atoms with van der Waals surface area (Å²) in [5.41, 5.74) is 1.19. The first-order chi connectivity index (χ1) is 6.77. The minimum atomic E-state index is 0.804. The molecule has 0 N–H and O–H groups in total. The van der Waals surface area contributed by atoms with E-state index in [0.717, 1.165) is 28.6 Å². The van der Waals surface area contributed by atoms with E-state index in [1.165, 1.54) is 12.0 Å². The van der Waals surface area contributed by atoms with Crippen molar-refractivity contribution in [2.24, 2.45) is 0 Å². The van der Waals surface area contributed by atoms with Gasteiger partial charge in [0.1, 0.15) is 5.75 Å². The van der Waals surface area contributed by atoms with Crippen molar-refractivity contribution in [3.8, 4) is 5.75 Å². The van der Waals surface area contributed by atoms with Gasteiger partial charge < -0.3 is 4.74 Å². The molecule has 0 aliphatic rings. The van der Waals surface area contributed by atoms with Crippen LogP contribution in [-0.4, -0.2) is 6.61 Å². The maximum absolute atomic E-state index is 5.67. The van der Waals surface area contributed by atoms with Gasteiger partial charge >= 0.3 is 0 Å². The van der Waals surface area contributed by atoms with Gasteiger partial charge in [0, 0.05) is 15.4 Å². The van der Waals surface area contributed by atoms with Crippen LogP contribution < -0.4 is 4.74 Å². The molecule has 3 heteroatoms. The Morgan fingerprint density at radius 2 is 2.14 bits per heavy atom. The third-order valence-corrected chi connectivity index (χ3v) is 3.02. The molecule has 0 fully saturated rings. The van der Waals surface area contributed by atoms with Crippen LogP contribution in [0.15, 0.2) is 22.7 Å². The second-order valence-corrected chi connectivity index (χ2v) is 4.56. The minimum Gasteiger partial charge on any atom is -0.493 e. The first-order valence-electron chi connectivity index (χ1n) is 4.75. The van der Waals surface area contributed by atoms with E-state index in [-0.39, 0.29) is 0 Å². The molecule has 0 aliphatic carbocycles. The van der Waals surface area contributed by atoms with E-state index in [1.54, 1.807) is 0 Å². The van der Waals surface area contributed by atoms with Crippen molar-refractivity contribution in [2.45, 2.75) is 25.1 Å². The molecule has 1 rings (SSSR count). The predicted octanol–water partition coefficient (Wildman–Crippen LogP) is 4.52. The zero-order chi connectivity index (χ0) is 10.4. The molecule has 0 aliphatic heterocycles. The average molecular weight is 322 g/mol. The first-order valence-corrected chi connectivity index (χ1v) is 6.66. The summed E-state index contributed by atoms with van der Waals surface area (Å²) in [5.74, 6) is 0.985. The number of unbranched alkanes of at least 4 members (excludes halogenated alkanes) is 1. The number of alkyl halides is 1. The molecule has 0 saturated carbocycles. The highest BCUT2D eigenvalue weighted by Crippen LogP contribution is 2.25. The molecule has 0 spiro atoms. The Morgan fingerprint density at radius 3 is 2.79 bits per heavy atom. The van der Waals surface area contributed by atoms with Gasteiger partial charge in [-0.1, -0.05) is 45.2 Å². The molecule has 0 bridgehead atoms. The van der Waals surface area contributed by atoms with E-state index in [2.05, 4.69) is 44.8 Å². The molecular weight excluding hydrogens is 308 g/mol. The smallest absolute Gasteiger partial charge is 0.123 e. The van der Waals surface area contributed by atoms with Crippen molar-refractivity contribution in [1.29, 1.82) is 0 Å². The zero-order valence-electron chi connectivity index (χ0n) is 8.22. The van der Waals surface area contributed by atoms with Gasteiger partial charge in [0.25, 0.3) is 0 Å². The summed E-state index contributed by atoms with van der Waals surface area (Å²) in [6.45, 7) is 2.97. The van der Waals surface area contributed by atoms with Crippen LogP contribution in [0, 0.1) is 0 Å². The molecule has 0 saturated heterocycles. The summed E-state index contributed by atoms with van der Waals surface area (Å²) in [6, 6.07) is 6.10.